The van der Waals surface area contributed by atoms with Crippen LogP contribution in [0, 0.1) is 24.1 Å². The Morgan fingerprint density at radius 3 is 2.21 bits per heavy atom. The van der Waals surface area contributed by atoms with E-state index in [1.807, 2.05) is 48.5 Å². The third kappa shape index (κ3) is 6.11. The molecule has 0 aliphatic heterocycles. The zero-order chi connectivity index (χ0) is 23.0. The van der Waals surface area contributed by atoms with Gasteiger partial charge in [-0.2, -0.15) is 15.2 Å². The van der Waals surface area contributed by atoms with E-state index < -0.39 is 5.82 Å². The summed E-state index contributed by atoms with van der Waals surface area (Å²) in [5.41, 5.74) is 3.65. The quantitative estimate of drug-likeness (QED) is 0.370. The molecule has 0 fully saturated rings. The summed E-state index contributed by atoms with van der Waals surface area (Å²) in [4.78, 5) is 12.5. The van der Waals surface area contributed by atoms with Gasteiger partial charge in [-0.25, -0.2) is 9.37 Å². The maximum atomic E-state index is 14.3. The van der Waals surface area contributed by atoms with Crippen molar-refractivity contribution in [3.63, 3.8) is 0 Å². The molecule has 0 aliphatic rings. The monoisotopic (exact) mass is 443 g/mol. The van der Waals surface area contributed by atoms with E-state index in [-0.39, 0.29) is 11.8 Å². The van der Waals surface area contributed by atoms with Gasteiger partial charge < -0.3 is 15.2 Å². The summed E-state index contributed by atoms with van der Waals surface area (Å²) >= 11 is 0. The van der Waals surface area contributed by atoms with Crippen LogP contribution >= 0.6 is 0 Å². The maximum Gasteiger partial charge on any atom is 0.229 e. The van der Waals surface area contributed by atoms with Crippen molar-refractivity contribution in [2.75, 3.05) is 10.6 Å². The van der Waals surface area contributed by atoms with Gasteiger partial charge in [0.1, 0.15) is 0 Å². The Balaban J connectivity index is 1.38. The number of hydrogen-bond acceptors (Lipinski definition) is 8. The third-order valence-corrected chi connectivity index (χ3v) is 4.89. The van der Waals surface area contributed by atoms with Gasteiger partial charge in [-0.15, -0.1) is 0 Å². The fourth-order valence-corrected chi connectivity index (χ4v) is 3.18. The van der Waals surface area contributed by atoms with Gasteiger partial charge in [-0.3, -0.25) is 0 Å². The van der Waals surface area contributed by atoms with Crippen molar-refractivity contribution in [3.8, 4) is 6.07 Å². The van der Waals surface area contributed by atoms with Crippen molar-refractivity contribution in [3.05, 3.63) is 83.4 Å². The highest BCUT2D eigenvalue weighted by atomic mass is 19.1. The molecule has 8 nitrogen and oxygen atoms in total. The third-order valence-electron chi connectivity index (χ3n) is 4.89. The predicted molar refractivity (Wildman–Crippen MR) is 122 cm³/mol. The molecular weight excluding hydrogens is 421 g/mol. The van der Waals surface area contributed by atoms with Crippen LogP contribution in [-0.4, -0.2) is 20.1 Å². The van der Waals surface area contributed by atoms with Crippen LogP contribution in [0.1, 0.15) is 29.3 Å². The van der Waals surface area contributed by atoms with Crippen molar-refractivity contribution in [1.82, 2.24) is 20.1 Å². The Hall–Kier alpha value is -4.32. The Labute approximate surface area is 190 Å². The minimum absolute atomic E-state index is 0.0761. The summed E-state index contributed by atoms with van der Waals surface area (Å²) in [6, 6.07) is 17.4. The zero-order valence-corrected chi connectivity index (χ0v) is 18.0. The van der Waals surface area contributed by atoms with Gasteiger partial charge in [0.05, 0.1) is 12.3 Å². The standard InChI is InChI=1S/C24H22FN7O/c1-16-28-22(33-32-16)13-8-18-6-9-19(10-7-18)29-23-21(25)15-27-24(31-23)30-20-11-4-17(5-12-20)3-2-14-26/h4-7,9-12,15H,2-3,8,13H2,1H3,(H2,27,29,30,31). The molecule has 0 aliphatic carbocycles. The lowest BCUT2D eigenvalue weighted by atomic mass is 10.1. The number of aryl methyl sites for hydroxylation is 4. The first-order chi connectivity index (χ1) is 16.1. The van der Waals surface area contributed by atoms with Crippen LogP contribution in [0.5, 0.6) is 0 Å². The van der Waals surface area contributed by atoms with Crippen LogP contribution in [0.25, 0.3) is 0 Å². The number of rotatable bonds is 9. The molecule has 4 aromatic rings. The molecule has 0 saturated carbocycles. The SMILES string of the molecule is Cc1noc(CCc2ccc(Nc3nc(Nc4ccc(CCC#N)cc4)ncc3F)cc2)n1. The minimum Gasteiger partial charge on any atom is -0.339 e. The number of halogens is 1. The molecule has 0 amide bonds. The first-order valence-electron chi connectivity index (χ1n) is 10.5. The van der Waals surface area contributed by atoms with Crippen molar-refractivity contribution in [2.45, 2.75) is 32.6 Å². The van der Waals surface area contributed by atoms with Crippen LogP contribution in [0.15, 0.2) is 59.3 Å². The molecule has 2 aromatic heterocycles. The molecule has 0 bridgehead atoms. The molecule has 0 spiro atoms. The van der Waals surface area contributed by atoms with Crippen molar-refractivity contribution in [2.24, 2.45) is 0 Å². The summed E-state index contributed by atoms with van der Waals surface area (Å²) < 4.78 is 19.4. The average Bonchev–Trinajstić information content (AvgIpc) is 3.25. The van der Waals surface area contributed by atoms with Gasteiger partial charge >= 0.3 is 0 Å². The largest absolute Gasteiger partial charge is 0.339 e. The number of hydrogen-bond donors (Lipinski definition) is 2. The van der Waals surface area contributed by atoms with E-state index in [9.17, 15) is 4.39 Å². The second-order valence-electron chi connectivity index (χ2n) is 7.43. The summed E-state index contributed by atoms with van der Waals surface area (Å²) in [6.07, 6.45) is 3.71. The lowest BCUT2D eigenvalue weighted by molar-refractivity contribution is 0.374. The van der Waals surface area contributed by atoms with Crippen LogP contribution in [0.3, 0.4) is 0 Å². The lowest BCUT2D eigenvalue weighted by Crippen LogP contribution is -2.03. The van der Waals surface area contributed by atoms with Crippen LogP contribution in [0.2, 0.25) is 0 Å². The maximum absolute atomic E-state index is 14.3. The first-order valence-corrected chi connectivity index (χ1v) is 10.5. The Morgan fingerprint density at radius 2 is 1.58 bits per heavy atom. The fraction of sp³-hybridized carbons (Fsp3) is 0.208. The highest BCUT2D eigenvalue weighted by Gasteiger charge is 2.09. The molecule has 2 N–H and O–H groups in total. The molecule has 2 heterocycles. The molecule has 0 saturated heterocycles. The highest BCUT2D eigenvalue weighted by molar-refractivity contribution is 5.60. The zero-order valence-electron chi connectivity index (χ0n) is 18.0. The summed E-state index contributed by atoms with van der Waals surface area (Å²) in [5, 5.41) is 18.5. The van der Waals surface area contributed by atoms with Gasteiger partial charge in [0.25, 0.3) is 0 Å². The van der Waals surface area contributed by atoms with Crippen molar-refractivity contribution < 1.29 is 8.91 Å². The topological polar surface area (TPSA) is 113 Å². The summed E-state index contributed by atoms with van der Waals surface area (Å²) in [7, 11) is 0. The normalized spacial score (nSPS) is 10.6. The van der Waals surface area contributed by atoms with Gasteiger partial charge in [-0.05, 0) is 55.2 Å². The second kappa shape index (κ2) is 10.3. The highest BCUT2D eigenvalue weighted by Crippen LogP contribution is 2.21. The summed E-state index contributed by atoms with van der Waals surface area (Å²) in [6.45, 7) is 1.79. The molecule has 166 valence electrons. The average molecular weight is 443 g/mol. The Bertz CT molecular complexity index is 1250. The van der Waals surface area contributed by atoms with Gasteiger partial charge in [-0.1, -0.05) is 29.4 Å². The lowest BCUT2D eigenvalue weighted by Gasteiger charge is -2.10. The number of nitrogens with one attached hydrogen (secondary N) is 2. The number of aromatic nitrogens is 4. The predicted octanol–water partition coefficient (Wildman–Crippen LogP) is 5.04. The number of anilines is 4. The second-order valence-corrected chi connectivity index (χ2v) is 7.43. The Morgan fingerprint density at radius 1 is 0.909 bits per heavy atom. The molecular formula is C24H22FN7O. The van der Waals surface area contributed by atoms with E-state index in [4.69, 9.17) is 9.78 Å². The van der Waals surface area contributed by atoms with Gasteiger partial charge in [0.15, 0.2) is 17.5 Å². The Kier molecular flexibility index (Phi) is 6.85. The molecule has 0 atom stereocenters. The first kappa shape index (κ1) is 21.9. The smallest absolute Gasteiger partial charge is 0.229 e. The molecule has 2 aromatic carbocycles. The minimum atomic E-state index is -0.553. The number of nitriles is 1. The number of nitrogens with zero attached hydrogens (tertiary/aromatic N) is 5. The fourth-order valence-electron chi connectivity index (χ4n) is 3.18. The van der Waals surface area contributed by atoms with E-state index in [0.29, 0.717) is 36.7 Å². The van der Waals surface area contributed by atoms with E-state index in [1.165, 1.54) is 0 Å². The van der Waals surface area contributed by atoms with Gasteiger partial charge in [0, 0.05) is 24.2 Å². The van der Waals surface area contributed by atoms with Crippen LogP contribution in [0.4, 0.5) is 27.5 Å². The van der Waals surface area contributed by atoms with Crippen LogP contribution < -0.4 is 10.6 Å². The molecule has 33 heavy (non-hydrogen) atoms. The molecule has 0 unspecified atom stereocenters. The van der Waals surface area contributed by atoms with E-state index >= 15 is 0 Å². The van der Waals surface area contributed by atoms with Crippen molar-refractivity contribution >= 4 is 23.1 Å². The van der Waals surface area contributed by atoms with Crippen molar-refractivity contribution in [1.29, 1.82) is 5.26 Å². The van der Waals surface area contributed by atoms with E-state index in [0.717, 1.165) is 29.4 Å². The summed E-state index contributed by atoms with van der Waals surface area (Å²) in [5.74, 6) is 1.03. The molecule has 4 rings (SSSR count). The van der Waals surface area contributed by atoms with E-state index in [1.54, 1.807) is 6.92 Å². The molecule has 0 radical (unpaired) electrons. The van der Waals surface area contributed by atoms with Gasteiger partial charge in [0.2, 0.25) is 11.8 Å². The molecule has 9 heteroatoms. The van der Waals surface area contributed by atoms with E-state index in [2.05, 4.69) is 36.8 Å². The number of benzene rings is 2. The van der Waals surface area contributed by atoms with Crippen LogP contribution in [-0.2, 0) is 19.3 Å².